The standard InChI is InChI=1S/C15H21ClN2OS.ClH/c16-12-3-1-2-11(8-12)9-20-10-15(19)18-14-6-4-13(17)5-7-14;/h1-3,8,13-14H,4-7,9-10,17H2,(H,18,19);1H. The molecule has 0 unspecified atom stereocenters. The van der Waals surface area contributed by atoms with E-state index in [1.54, 1.807) is 11.8 Å². The summed E-state index contributed by atoms with van der Waals surface area (Å²) in [6, 6.07) is 8.39. The first kappa shape index (κ1) is 18.6. The second-order valence-corrected chi connectivity index (χ2v) is 6.72. The fraction of sp³-hybridized carbons (Fsp3) is 0.533. The first-order valence-corrected chi connectivity index (χ1v) is 8.54. The van der Waals surface area contributed by atoms with Gasteiger partial charge in [-0.25, -0.2) is 0 Å². The zero-order valence-corrected chi connectivity index (χ0v) is 14.3. The molecule has 0 aliphatic heterocycles. The van der Waals surface area contributed by atoms with E-state index in [1.807, 2.05) is 24.3 Å². The number of halogens is 2. The Morgan fingerprint density at radius 1 is 1.33 bits per heavy atom. The number of amides is 1. The van der Waals surface area contributed by atoms with Gasteiger partial charge in [-0.05, 0) is 43.4 Å². The predicted molar refractivity (Wildman–Crippen MR) is 93.2 cm³/mol. The van der Waals surface area contributed by atoms with Gasteiger partial charge in [0.05, 0.1) is 5.75 Å². The quantitative estimate of drug-likeness (QED) is 0.857. The highest BCUT2D eigenvalue weighted by Crippen LogP contribution is 2.18. The first-order chi connectivity index (χ1) is 9.63. The van der Waals surface area contributed by atoms with Gasteiger partial charge in [0.15, 0.2) is 0 Å². The van der Waals surface area contributed by atoms with Crippen molar-refractivity contribution in [2.75, 3.05) is 5.75 Å². The number of nitrogens with two attached hydrogens (primary N) is 1. The van der Waals surface area contributed by atoms with Crippen molar-refractivity contribution in [1.82, 2.24) is 5.32 Å². The van der Waals surface area contributed by atoms with Crippen molar-refractivity contribution < 1.29 is 4.79 Å². The monoisotopic (exact) mass is 348 g/mol. The van der Waals surface area contributed by atoms with Crippen LogP contribution in [0, 0.1) is 0 Å². The highest BCUT2D eigenvalue weighted by atomic mass is 35.5. The second-order valence-electron chi connectivity index (χ2n) is 5.30. The minimum absolute atomic E-state index is 0. The molecule has 0 bridgehead atoms. The lowest BCUT2D eigenvalue weighted by atomic mass is 9.92. The number of rotatable bonds is 5. The van der Waals surface area contributed by atoms with Crippen LogP contribution in [0.2, 0.25) is 5.02 Å². The molecule has 3 nitrogen and oxygen atoms in total. The summed E-state index contributed by atoms with van der Waals surface area (Å²) in [5.74, 6) is 1.43. The van der Waals surface area contributed by atoms with Crippen molar-refractivity contribution >= 4 is 41.7 Å². The molecule has 1 aliphatic rings. The molecule has 1 fully saturated rings. The van der Waals surface area contributed by atoms with Crippen molar-refractivity contribution in [1.29, 1.82) is 0 Å². The van der Waals surface area contributed by atoms with Crippen molar-refractivity contribution in [3.8, 4) is 0 Å². The average Bonchev–Trinajstić information content (AvgIpc) is 2.41. The van der Waals surface area contributed by atoms with E-state index in [9.17, 15) is 4.79 Å². The van der Waals surface area contributed by atoms with Gasteiger partial charge < -0.3 is 11.1 Å². The zero-order valence-electron chi connectivity index (χ0n) is 11.9. The molecule has 1 aliphatic carbocycles. The van der Waals surface area contributed by atoms with Gasteiger partial charge in [-0.1, -0.05) is 23.7 Å². The van der Waals surface area contributed by atoms with Crippen LogP contribution in [0.15, 0.2) is 24.3 Å². The molecule has 1 saturated carbocycles. The average molecular weight is 349 g/mol. The summed E-state index contributed by atoms with van der Waals surface area (Å²) in [4.78, 5) is 11.9. The number of benzene rings is 1. The lowest BCUT2D eigenvalue weighted by Gasteiger charge is -2.26. The van der Waals surface area contributed by atoms with Crippen molar-refractivity contribution in [3.05, 3.63) is 34.9 Å². The topological polar surface area (TPSA) is 55.1 Å². The Morgan fingerprint density at radius 3 is 2.71 bits per heavy atom. The minimum Gasteiger partial charge on any atom is -0.353 e. The second kappa shape index (κ2) is 9.57. The number of hydrogen-bond acceptors (Lipinski definition) is 3. The summed E-state index contributed by atoms with van der Waals surface area (Å²) >= 11 is 7.55. The lowest BCUT2D eigenvalue weighted by Crippen LogP contribution is -2.41. The van der Waals surface area contributed by atoms with Crippen molar-refractivity contribution in [2.45, 2.75) is 43.5 Å². The molecule has 0 atom stereocenters. The Labute approximate surface area is 141 Å². The normalized spacial score (nSPS) is 21.4. The van der Waals surface area contributed by atoms with Gasteiger partial charge in [-0.2, -0.15) is 0 Å². The smallest absolute Gasteiger partial charge is 0.230 e. The maximum atomic E-state index is 11.9. The van der Waals surface area contributed by atoms with Crippen LogP contribution in [0.3, 0.4) is 0 Å². The number of hydrogen-bond donors (Lipinski definition) is 2. The van der Waals surface area contributed by atoms with Crippen LogP contribution in [-0.4, -0.2) is 23.7 Å². The number of carbonyl (C=O) groups excluding carboxylic acids is 1. The molecule has 3 N–H and O–H groups in total. The van der Waals surface area contributed by atoms with Gasteiger partial charge in [-0.15, -0.1) is 24.2 Å². The summed E-state index contributed by atoms with van der Waals surface area (Å²) < 4.78 is 0. The SMILES string of the molecule is Cl.NC1CCC(NC(=O)CSCc2cccc(Cl)c2)CC1. The van der Waals surface area contributed by atoms with E-state index < -0.39 is 0 Å². The van der Waals surface area contributed by atoms with E-state index >= 15 is 0 Å². The van der Waals surface area contributed by atoms with Gasteiger partial charge in [0.1, 0.15) is 0 Å². The van der Waals surface area contributed by atoms with Crippen LogP contribution in [0.5, 0.6) is 0 Å². The largest absolute Gasteiger partial charge is 0.353 e. The maximum Gasteiger partial charge on any atom is 0.230 e. The summed E-state index contributed by atoms with van der Waals surface area (Å²) in [7, 11) is 0. The van der Waals surface area contributed by atoms with Crippen LogP contribution in [0.25, 0.3) is 0 Å². The molecule has 1 aromatic rings. The summed E-state index contributed by atoms with van der Waals surface area (Å²) in [6.45, 7) is 0. The fourth-order valence-corrected chi connectivity index (χ4v) is 3.42. The molecular weight excluding hydrogens is 327 g/mol. The van der Waals surface area contributed by atoms with Gasteiger partial charge in [0.25, 0.3) is 0 Å². The van der Waals surface area contributed by atoms with E-state index in [0.29, 0.717) is 17.8 Å². The molecule has 0 saturated heterocycles. The van der Waals surface area contributed by atoms with Gasteiger partial charge in [0, 0.05) is 22.9 Å². The summed E-state index contributed by atoms with van der Waals surface area (Å²) in [6.07, 6.45) is 4.04. The van der Waals surface area contributed by atoms with Crippen LogP contribution >= 0.6 is 35.8 Å². The molecule has 1 amide bonds. The van der Waals surface area contributed by atoms with E-state index in [0.717, 1.165) is 42.0 Å². The Morgan fingerprint density at radius 2 is 2.05 bits per heavy atom. The zero-order chi connectivity index (χ0) is 14.4. The Kier molecular flexibility index (Phi) is 8.49. The summed E-state index contributed by atoms with van der Waals surface area (Å²) in [5.41, 5.74) is 7.01. The Hall–Kier alpha value is -0.420. The Bertz CT molecular complexity index is 451. The third kappa shape index (κ3) is 6.92. The third-order valence-electron chi connectivity index (χ3n) is 3.53. The van der Waals surface area contributed by atoms with Crippen LogP contribution in [-0.2, 0) is 10.5 Å². The lowest BCUT2D eigenvalue weighted by molar-refractivity contribution is -0.119. The maximum absolute atomic E-state index is 11.9. The molecule has 6 heteroatoms. The molecular formula is C15H22Cl2N2OS. The van der Waals surface area contributed by atoms with E-state index in [4.69, 9.17) is 17.3 Å². The van der Waals surface area contributed by atoms with E-state index in [1.165, 1.54) is 0 Å². The molecule has 0 heterocycles. The predicted octanol–water partition coefficient (Wildman–Crippen LogP) is 3.38. The molecule has 21 heavy (non-hydrogen) atoms. The minimum atomic E-state index is 0. The van der Waals surface area contributed by atoms with Gasteiger partial charge in [-0.3, -0.25) is 4.79 Å². The van der Waals surface area contributed by atoms with E-state index in [2.05, 4.69) is 5.32 Å². The van der Waals surface area contributed by atoms with Gasteiger partial charge >= 0.3 is 0 Å². The first-order valence-electron chi connectivity index (χ1n) is 7.00. The molecule has 2 rings (SSSR count). The van der Waals surface area contributed by atoms with Crippen LogP contribution in [0.4, 0.5) is 0 Å². The number of carbonyl (C=O) groups is 1. The molecule has 118 valence electrons. The van der Waals surface area contributed by atoms with Crippen LogP contribution < -0.4 is 11.1 Å². The molecule has 1 aromatic carbocycles. The third-order valence-corrected chi connectivity index (χ3v) is 4.77. The van der Waals surface area contributed by atoms with Gasteiger partial charge in [0.2, 0.25) is 5.91 Å². The number of thioether (sulfide) groups is 1. The fourth-order valence-electron chi connectivity index (χ4n) is 2.42. The number of nitrogens with one attached hydrogen (secondary N) is 1. The highest BCUT2D eigenvalue weighted by Gasteiger charge is 2.19. The highest BCUT2D eigenvalue weighted by molar-refractivity contribution is 7.99. The van der Waals surface area contributed by atoms with Crippen LogP contribution in [0.1, 0.15) is 31.2 Å². The van der Waals surface area contributed by atoms with E-state index in [-0.39, 0.29) is 18.3 Å². The van der Waals surface area contributed by atoms with Crippen molar-refractivity contribution in [2.24, 2.45) is 5.73 Å². The molecule has 0 spiro atoms. The molecule has 0 radical (unpaired) electrons. The molecule has 0 aromatic heterocycles. The Balaban J connectivity index is 0.00000220. The summed E-state index contributed by atoms with van der Waals surface area (Å²) in [5, 5.41) is 3.84. The van der Waals surface area contributed by atoms with Crippen molar-refractivity contribution in [3.63, 3.8) is 0 Å².